The Morgan fingerprint density at radius 2 is 1.05 bits per heavy atom. The first-order valence-corrected chi connectivity index (χ1v) is 21.0. The number of para-hydroxylation sites is 3. The maximum atomic E-state index is 8.87. The number of hydrogen-bond acceptors (Lipinski definition) is 3. The zero-order chi connectivity index (χ0) is 42.4. The minimum Gasteiger partial charge on any atom is -0.456 e. The van der Waals surface area contributed by atoms with E-state index in [0.717, 1.165) is 77.3 Å². The standard InChI is InChI=1S/C50H32N4O2.C7H8/c51-49(32-23-21-31(22-24-32)30-11-2-1-3-12-30)53-50(52)38-16-10-20-45-48(38)40-27-33(25-26-44(40)55-45)39-28-34(29-46-47(39)37-15-6-9-19-43(37)56-46)54-41-17-7-4-13-35(41)36-14-5-8-18-42(36)54;1-7-5-3-2-4-6-7/h1-29H,(H3,51,52,53);2-6H,1H3. The van der Waals surface area contributed by atoms with Crippen molar-refractivity contribution < 1.29 is 8.83 Å². The molecule has 0 aliphatic carbocycles. The first kappa shape index (κ1) is 37.5. The van der Waals surface area contributed by atoms with Crippen molar-refractivity contribution >= 4 is 77.4 Å². The van der Waals surface area contributed by atoms with Crippen molar-refractivity contribution in [1.29, 1.82) is 5.41 Å². The number of nitrogens with one attached hydrogen (secondary N) is 1. The van der Waals surface area contributed by atoms with Crippen LogP contribution in [0.25, 0.3) is 93.6 Å². The Morgan fingerprint density at radius 1 is 0.476 bits per heavy atom. The molecule has 12 aromatic rings. The van der Waals surface area contributed by atoms with Crippen molar-refractivity contribution in [1.82, 2.24) is 4.57 Å². The van der Waals surface area contributed by atoms with E-state index < -0.39 is 0 Å². The predicted molar refractivity (Wildman–Crippen MR) is 261 cm³/mol. The van der Waals surface area contributed by atoms with Crippen LogP contribution in [0.5, 0.6) is 0 Å². The molecule has 3 heterocycles. The average Bonchev–Trinajstić information content (AvgIpc) is 4.01. The Hall–Kier alpha value is -8.48. The maximum Gasteiger partial charge on any atom is 0.154 e. The van der Waals surface area contributed by atoms with E-state index in [1.165, 1.54) is 16.3 Å². The monoisotopic (exact) mass is 812 g/mol. The second-order valence-corrected chi connectivity index (χ2v) is 15.8. The zero-order valence-corrected chi connectivity index (χ0v) is 34.4. The van der Waals surface area contributed by atoms with Crippen molar-refractivity contribution in [3.05, 3.63) is 223 Å². The van der Waals surface area contributed by atoms with Gasteiger partial charge in [-0.15, -0.1) is 0 Å². The highest BCUT2D eigenvalue weighted by molar-refractivity contribution is 6.21. The molecule has 0 aliphatic heterocycles. The van der Waals surface area contributed by atoms with Crippen molar-refractivity contribution in [2.24, 2.45) is 10.7 Å². The summed E-state index contributed by atoms with van der Waals surface area (Å²) in [5.41, 5.74) is 20.1. The van der Waals surface area contributed by atoms with Gasteiger partial charge in [-0.25, -0.2) is 4.99 Å². The van der Waals surface area contributed by atoms with Crippen LogP contribution in [0.3, 0.4) is 0 Å². The Bertz CT molecular complexity index is 3650. The molecule has 3 aromatic heterocycles. The summed E-state index contributed by atoms with van der Waals surface area (Å²) in [5, 5.41) is 15.1. The Morgan fingerprint density at radius 3 is 1.75 bits per heavy atom. The number of fused-ring (bicyclic) bond motifs is 9. The number of hydrogen-bond donors (Lipinski definition) is 2. The summed E-state index contributed by atoms with van der Waals surface area (Å²) in [6, 6.07) is 70.1. The SMILES string of the molecule is Cc1ccccc1.N=C(N=C(N)c1cccc2oc3ccc(-c4cc(-n5c6ccccc6c6ccccc65)cc5oc6ccccc6c45)cc3c12)c1ccc(-c2ccccc2)cc1. The maximum absolute atomic E-state index is 8.87. The normalized spacial score (nSPS) is 11.8. The first-order valence-electron chi connectivity index (χ1n) is 21.0. The van der Waals surface area contributed by atoms with E-state index >= 15 is 0 Å². The number of aryl methyl sites for hydroxylation is 1. The minimum absolute atomic E-state index is 0.0868. The molecule has 0 spiro atoms. The van der Waals surface area contributed by atoms with Crippen LogP contribution in [-0.4, -0.2) is 16.2 Å². The predicted octanol–water partition coefficient (Wildman–Crippen LogP) is 14.6. The lowest BCUT2D eigenvalue weighted by Gasteiger charge is -2.12. The van der Waals surface area contributed by atoms with Crippen molar-refractivity contribution in [3.63, 3.8) is 0 Å². The van der Waals surface area contributed by atoms with Gasteiger partial charge in [0, 0.05) is 49.5 Å². The zero-order valence-electron chi connectivity index (χ0n) is 34.4. The van der Waals surface area contributed by atoms with E-state index in [4.69, 9.17) is 20.0 Å². The summed E-state index contributed by atoms with van der Waals surface area (Å²) in [4.78, 5) is 4.62. The fraction of sp³-hybridized carbons (Fsp3) is 0.0175. The van der Waals surface area contributed by atoms with Crippen LogP contribution in [0.15, 0.2) is 220 Å². The average molecular weight is 813 g/mol. The van der Waals surface area contributed by atoms with Gasteiger partial charge in [0.2, 0.25) is 0 Å². The lowest BCUT2D eigenvalue weighted by molar-refractivity contribution is 0.668. The molecule has 0 atom stereocenters. The van der Waals surface area contributed by atoms with Gasteiger partial charge in [-0.1, -0.05) is 163 Å². The number of nitrogens with zero attached hydrogens (tertiary/aromatic N) is 2. The Kier molecular flexibility index (Phi) is 9.24. The molecule has 300 valence electrons. The fourth-order valence-electron chi connectivity index (χ4n) is 8.84. The highest BCUT2D eigenvalue weighted by atomic mass is 16.3. The highest BCUT2D eigenvalue weighted by Gasteiger charge is 2.20. The van der Waals surface area contributed by atoms with Gasteiger partial charge in [-0.05, 0) is 71.6 Å². The highest BCUT2D eigenvalue weighted by Crippen LogP contribution is 2.42. The summed E-state index contributed by atoms with van der Waals surface area (Å²) in [7, 11) is 0. The molecule has 0 unspecified atom stereocenters. The van der Waals surface area contributed by atoms with Gasteiger partial charge in [-0.2, -0.15) is 0 Å². The summed E-state index contributed by atoms with van der Waals surface area (Å²) in [5.74, 6) is 0.334. The number of aromatic nitrogens is 1. The van der Waals surface area contributed by atoms with Crippen LogP contribution in [0.1, 0.15) is 16.7 Å². The van der Waals surface area contributed by atoms with Gasteiger partial charge in [0.15, 0.2) is 5.84 Å². The topological polar surface area (TPSA) is 93.4 Å². The smallest absolute Gasteiger partial charge is 0.154 e. The molecule has 0 bridgehead atoms. The molecule has 0 radical (unpaired) electrons. The molecule has 12 rings (SSSR count). The van der Waals surface area contributed by atoms with Crippen molar-refractivity contribution in [2.75, 3.05) is 0 Å². The van der Waals surface area contributed by atoms with Crippen molar-refractivity contribution in [3.8, 4) is 27.9 Å². The molecule has 9 aromatic carbocycles. The van der Waals surface area contributed by atoms with Crippen LogP contribution in [0, 0.1) is 12.3 Å². The second-order valence-electron chi connectivity index (χ2n) is 15.8. The second kappa shape index (κ2) is 15.5. The Labute approximate surface area is 363 Å². The van der Waals surface area contributed by atoms with Gasteiger partial charge in [0.25, 0.3) is 0 Å². The number of rotatable bonds is 5. The quantitative estimate of drug-likeness (QED) is 0.134. The van der Waals surface area contributed by atoms with Gasteiger partial charge in [0.1, 0.15) is 28.2 Å². The van der Waals surface area contributed by atoms with Crippen molar-refractivity contribution in [2.45, 2.75) is 6.92 Å². The van der Waals surface area contributed by atoms with E-state index in [0.29, 0.717) is 16.7 Å². The summed E-state index contributed by atoms with van der Waals surface area (Å²) >= 11 is 0. The molecule has 6 nitrogen and oxygen atoms in total. The lowest BCUT2D eigenvalue weighted by Crippen LogP contribution is -2.16. The summed E-state index contributed by atoms with van der Waals surface area (Å²) < 4.78 is 15.3. The minimum atomic E-state index is 0.0868. The number of amidine groups is 2. The van der Waals surface area contributed by atoms with E-state index in [1.54, 1.807) is 0 Å². The fourth-order valence-corrected chi connectivity index (χ4v) is 8.84. The lowest BCUT2D eigenvalue weighted by atomic mass is 9.96. The van der Waals surface area contributed by atoms with Gasteiger partial charge >= 0.3 is 0 Å². The number of aliphatic imine (C=N–C) groups is 1. The Balaban J connectivity index is 0.000000581. The molecule has 0 aliphatic rings. The largest absolute Gasteiger partial charge is 0.456 e. The summed E-state index contributed by atoms with van der Waals surface area (Å²) in [6.07, 6.45) is 0. The molecule has 0 fully saturated rings. The van der Waals surface area contributed by atoms with E-state index in [2.05, 4.69) is 126 Å². The first-order chi connectivity index (χ1) is 31.0. The van der Waals surface area contributed by atoms with Crippen LogP contribution in [0.4, 0.5) is 0 Å². The molecule has 0 saturated heterocycles. The molecule has 0 saturated carbocycles. The molecule has 6 heteroatoms. The number of benzene rings is 9. The molecule has 63 heavy (non-hydrogen) atoms. The third-order valence-electron chi connectivity index (χ3n) is 11.8. The molecule has 3 N–H and O–H groups in total. The number of nitrogens with two attached hydrogens (primary N) is 1. The van der Waals surface area contributed by atoms with Crippen LogP contribution in [-0.2, 0) is 0 Å². The number of furan rings is 2. The van der Waals surface area contributed by atoms with E-state index in [1.807, 2.05) is 97.1 Å². The molecule has 0 amide bonds. The van der Waals surface area contributed by atoms with Gasteiger partial charge in [0.05, 0.1) is 16.7 Å². The van der Waals surface area contributed by atoms with E-state index in [-0.39, 0.29) is 11.7 Å². The molecular formula is C57H40N4O2. The third-order valence-corrected chi connectivity index (χ3v) is 11.8. The van der Waals surface area contributed by atoms with Gasteiger partial charge in [-0.3, -0.25) is 5.41 Å². The van der Waals surface area contributed by atoms with Gasteiger partial charge < -0.3 is 19.1 Å². The summed E-state index contributed by atoms with van der Waals surface area (Å²) in [6.45, 7) is 2.08. The van der Waals surface area contributed by atoms with E-state index in [9.17, 15) is 0 Å². The van der Waals surface area contributed by atoms with Crippen LogP contribution >= 0.6 is 0 Å². The third kappa shape index (κ3) is 6.71. The van der Waals surface area contributed by atoms with Crippen LogP contribution in [0.2, 0.25) is 0 Å². The van der Waals surface area contributed by atoms with Crippen LogP contribution < -0.4 is 5.73 Å². The molecular weight excluding hydrogens is 773 g/mol.